The second-order valence-electron chi connectivity index (χ2n) is 7.01. The first kappa shape index (κ1) is 16.4. The zero-order chi connectivity index (χ0) is 15.7. The Balaban J connectivity index is 2.06. The van der Waals surface area contributed by atoms with Gasteiger partial charge in [-0.3, -0.25) is 0 Å². The van der Waals surface area contributed by atoms with Crippen LogP contribution in [0.4, 0.5) is 0 Å². The van der Waals surface area contributed by atoms with Crippen molar-refractivity contribution in [3.8, 4) is 0 Å². The summed E-state index contributed by atoms with van der Waals surface area (Å²) >= 11 is 0. The highest BCUT2D eigenvalue weighted by Crippen LogP contribution is 2.41. The molecule has 2 unspecified atom stereocenters. The first-order valence-corrected chi connectivity index (χ1v) is 7.09. The van der Waals surface area contributed by atoms with Gasteiger partial charge in [-0.05, 0) is 41.5 Å². The van der Waals surface area contributed by atoms with E-state index in [0.717, 1.165) is 11.1 Å². The van der Waals surface area contributed by atoms with E-state index in [9.17, 15) is 0 Å². The smallest absolute Gasteiger partial charge is 0.220 e. The van der Waals surface area contributed by atoms with Crippen molar-refractivity contribution in [1.82, 2.24) is 0 Å². The third-order valence-electron chi connectivity index (χ3n) is 2.52. The van der Waals surface area contributed by atoms with Gasteiger partial charge in [0.2, 0.25) is 12.6 Å². The van der Waals surface area contributed by atoms with Crippen LogP contribution in [-0.4, -0.2) is 11.2 Å². The van der Waals surface area contributed by atoms with E-state index in [0.29, 0.717) is 0 Å². The standard InChI is InChI=1S/C16H24O5/c1-15(2,3)20-18-13-11-9-7-8-10-12(11)14(17-13)19-21-16(4,5)6/h7-10,13-14H,1-6H3. The summed E-state index contributed by atoms with van der Waals surface area (Å²) in [7, 11) is 0. The molecular formula is C16H24O5. The number of fused-ring (bicyclic) bond motifs is 1. The van der Waals surface area contributed by atoms with Crippen LogP contribution in [0.15, 0.2) is 24.3 Å². The Hall–Kier alpha value is -0.980. The highest BCUT2D eigenvalue weighted by molar-refractivity contribution is 5.32. The normalized spacial score (nSPS) is 22.4. The molecule has 1 aliphatic rings. The zero-order valence-corrected chi connectivity index (χ0v) is 13.5. The average molecular weight is 296 g/mol. The van der Waals surface area contributed by atoms with Crippen molar-refractivity contribution in [3.63, 3.8) is 0 Å². The summed E-state index contributed by atoms with van der Waals surface area (Å²) in [6, 6.07) is 7.68. The first-order valence-electron chi connectivity index (χ1n) is 7.09. The summed E-state index contributed by atoms with van der Waals surface area (Å²) in [5.41, 5.74) is 0.923. The van der Waals surface area contributed by atoms with Gasteiger partial charge >= 0.3 is 0 Å². The van der Waals surface area contributed by atoms with Gasteiger partial charge in [0.1, 0.15) is 0 Å². The Morgan fingerprint density at radius 1 is 0.762 bits per heavy atom. The highest BCUT2D eigenvalue weighted by atomic mass is 17.3. The SMILES string of the molecule is CC(C)(C)OOC1OC(OOC(C)(C)C)c2ccccc21. The fraction of sp³-hybridized carbons (Fsp3) is 0.625. The van der Waals surface area contributed by atoms with E-state index < -0.39 is 23.8 Å². The molecule has 0 N–H and O–H groups in total. The first-order chi connectivity index (χ1) is 9.66. The minimum atomic E-state index is -0.631. The number of rotatable bonds is 4. The molecule has 0 amide bonds. The predicted molar refractivity (Wildman–Crippen MR) is 76.9 cm³/mol. The number of benzene rings is 1. The number of ether oxygens (including phenoxy) is 1. The van der Waals surface area contributed by atoms with Crippen molar-refractivity contribution in [2.45, 2.75) is 65.3 Å². The fourth-order valence-corrected chi connectivity index (χ4v) is 1.72. The average Bonchev–Trinajstić information content (AvgIpc) is 2.71. The number of hydrogen-bond acceptors (Lipinski definition) is 5. The molecule has 1 aliphatic heterocycles. The van der Waals surface area contributed by atoms with Crippen molar-refractivity contribution in [2.75, 3.05) is 0 Å². The van der Waals surface area contributed by atoms with Gasteiger partial charge in [-0.2, -0.15) is 9.78 Å². The molecule has 5 nitrogen and oxygen atoms in total. The van der Waals surface area contributed by atoms with Crippen LogP contribution in [0.5, 0.6) is 0 Å². The number of hydrogen-bond donors (Lipinski definition) is 0. The van der Waals surface area contributed by atoms with Crippen molar-refractivity contribution < 1.29 is 24.3 Å². The summed E-state index contributed by atoms with van der Waals surface area (Å²) in [5.74, 6) is 0. The van der Waals surface area contributed by atoms with Crippen LogP contribution in [0, 0.1) is 0 Å². The summed E-state index contributed by atoms with van der Waals surface area (Å²) in [5, 5.41) is 0. The van der Waals surface area contributed by atoms with Gasteiger partial charge in [-0.15, -0.1) is 0 Å². The molecule has 0 saturated carbocycles. The summed E-state index contributed by atoms with van der Waals surface area (Å²) in [6.45, 7) is 11.4. The Morgan fingerprint density at radius 3 is 1.48 bits per heavy atom. The Labute approximate surface area is 126 Å². The van der Waals surface area contributed by atoms with E-state index in [1.165, 1.54) is 0 Å². The molecular weight excluding hydrogens is 272 g/mol. The Morgan fingerprint density at radius 2 is 1.14 bits per heavy atom. The van der Waals surface area contributed by atoms with Crippen LogP contribution in [0.2, 0.25) is 0 Å². The van der Waals surface area contributed by atoms with E-state index in [-0.39, 0.29) is 0 Å². The molecule has 0 aliphatic carbocycles. The topological polar surface area (TPSA) is 46.2 Å². The fourth-order valence-electron chi connectivity index (χ4n) is 1.72. The Kier molecular flexibility index (Phi) is 4.70. The third-order valence-corrected chi connectivity index (χ3v) is 2.52. The van der Waals surface area contributed by atoms with Crippen molar-refractivity contribution >= 4 is 0 Å². The quantitative estimate of drug-likeness (QED) is 0.615. The van der Waals surface area contributed by atoms with E-state index in [2.05, 4.69) is 0 Å². The van der Waals surface area contributed by atoms with Gasteiger partial charge in [0.05, 0.1) is 11.2 Å². The molecule has 0 bridgehead atoms. The second kappa shape index (κ2) is 6.02. The predicted octanol–water partition coefficient (Wildman–Crippen LogP) is 4.21. The molecule has 0 saturated heterocycles. The maximum absolute atomic E-state index is 5.73. The molecule has 118 valence electrons. The van der Waals surface area contributed by atoms with Crippen LogP contribution in [0.25, 0.3) is 0 Å². The Bertz CT molecular complexity index is 429. The highest BCUT2D eigenvalue weighted by Gasteiger charge is 2.36. The minimum Gasteiger partial charge on any atom is -0.309 e. The molecule has 5 heteroatoms. The van der Waals surface area contributed by atoms with Crippen molar-refractivity contribution in [3.05, 3.63) is 35.4 Å². The molecule has 1 aromatic rings. The van der Waals surface area contributed by atoms with Crippen LogP contribution in [0.3, 0.4) is 0 Å². The molecule has 2 rings (SSSR count). The van der Waals surface area contributed by atoms with Crippen LogP contribution >= 0.6 is 0 Å². The lowest BCUT2D eigenvalue weighted by molar-refractivity contribution is -0.469. The summed E-state index contributed by atoms with van der Waals surface area (Å²) in [6.07, 6.45) is -1.26. The van der Waals surface area contributed by atoms with E-state index in [1.807, 2.05) is 65.8 Å². The molecule has 0 fully saturated rings. The van der Waals surface area contributed by atoms with Crippen LogP contribution in [-0.2, 0) is 24.3 Å². The van der Waals surface area contributed by atoms with Crippen LogP contribution < -0.4 is 0 Å². The van der Waals surface area contributed by atoms with Gasteiger partial charge in [-0.1, -0.05) is 24.3 Å². The monoisotopic (exact) mass is 296 g/mol. The lowest BCUT2D eigenvalue weighted by Gasteiger charge is -2.22. The van der Waals surface area contributed by atoms with Crippen molar-refractivity contribution in [2.24, 2.45) is 0 Å². The lowest BCUT2D eigenvalue weighted by atomic mass is 10.1. The zero-order valence-electron chi connectivity index (χ0n) is 13.5. The van der Waals surface area contributed by atoms with Gasteiger partial charge < -0.3 is 4.74 Å². The van der Waals surface area contributed by atoms with Gasteiger partial charge in [-0.25, -0.2) is 9.78 Å². The largest absolute Gasteiger partial charge is 0.309 e. The van der Waals surface area contributed by atoms with Gasteiger partial charge in [0.15, 0.2) is 0 Å². The van der Waals surface area contributed by atoms with E-state index in [4.69, 9.17) is 24.3 Å². The molecule has 21 heavy (non-hydrogen) atoms. The molecule has 1 aromatic carbocycles. The van der Waals surface area contributed by atoms with Crippen molar-refractivity contribution in [1.29, 1.82) is 0 Å². The minimum absolute atomic E-state index is 0.418. The molecule has 2 atom stereocenters. The van der Waals surface area contributed by atoms with Crippen LogP contribution in [0.1, 0.15) is 65.2 Å². The molecule has 0 spiro atoms. The maximum atomic E-state index is 5.73. The lowest BCUT2D eigenvalue weighted by Crippen LogP contribution is -2.22. The summed E-state index contributed by atoms with van der Waals surface area (Å²) < 4.78 is 5.73. The van der Waals surface area contributed by atoms with Gasteiger partial charge in [0.25, 0.3) is 0 Å². The second-order valence-corrected chi connectivity index (χ2v) is 7.01. The third kappa shape index (κ3) is 4.76. The molecule has 0 radical (unpaired) electrons. The van der Waals surface area contributed by atoms with E-state index >= 15 is 0 Å². The van der Waals surface area contributed by atoms with E-state index in [1.54, 1.807) is 0 Å². The molecule has 0 aromatic heterocycles. The summed E-state index contributed by atoms with van der Waals surface area (Å²) in [4.78, 5) is 21.5. The molecule has 1 heterocycles. The maximum Gasteiger partial charge on any atom is 0.220 e. The van der Waals surface area contributed by atoms with Gasteiger partial charge in [0, 0.05) is 11.1 Å².